The highest BCUT2D eigenvalue weighted by atomic mass is 16.5. The van der Waals surface area contributed by atoms with E-state index in [0.717, 1.165) is 30.6 Å². The van der Waals surface area contributed by atoms with E-state index in [-0.39, 0.29) is 24.0 Å². The van der Waals surface area contributed by atoms with Gasteiger partial charge in [-0.2, -0.15) is 0 Å². The summed E-state index contributed by atoms with van der Waals surface area (Å²) in [5, 5.41) is 2.97. The van der Waals surface area contributed by atoms with E-state index < -0.39 is 0 Å². The molecule has 0 saturated carbocycles. The summed E-state index contributed by atoms with van der Waals surface area (Å²) < 4.78 is 7.49. The number of imidazole rings is 1. The molecule has 1 saturated heterocycles. The van der Waals surface area contributed by atoms with Crippen molar-refractivity contribution >= 4 is 17.5 Å². The summed E-state index contributed by atoms with van der Waals surface area (Å²) in [6.45, 7) is 7.81. The lowest BCUT2D eigenvalue weighted by molar-refractivity contribution is -0.143. The summed E-state index contributed by atoms with van der Waals surface area (Å²) in [5.74, 6) is 0.0935. The zero-order chi connectivity index (χ0) is 20.1. The molecule has 1 N–H and O–H groups in total. The number of amides is 2. The average molecular weight is 386 g/mol. The first kappa shape index (κ1) is 20.3. The van der Waals surface area contributed by atoms with Crippen LogP contribution >= 0.6 is 0 Å². The maximum Gasteiger partial charge on any atom is 0.270 e. The normalized spacial score (nSPS) is 19.8. The van der Waals surface area contributed by atoms with E-state index in [0.29, 0.717) is 31.7 Å². The number of carbonyl (C=O) groups is 2. The smallest absolute Gasteiger partial charge is 0.270 e. The van der Waals surface area contributed by atoms with Gasteiger partial charge in [0.05, 0.1) is 17.9 Å². The van der Waals surface area contributed by atoms with E-state index in [1.165, 1.54) is 0 Å². The van der Waals surface area contributed by atoms with Gasteiger partial charge in [0.25, 0.3) is 5.91 Å². The molecule has 2 aromatic heterocycles. The molecule has 3 heterocycles. The van der Waals surface area contributed by atoms with E-state index in [9.17, 15) is 9.59 Å². The Kier molecular flexibility index (Phi) is 6.67. The Balaban J connectivity index is 1.37. The first-order valence-corrected chi connectivity index (χ1v) is 10.1. The molecule has 1 aliphatic rings. The van der Waals surface area contributed by atoms with Crippen molar-refractivity contribution in [3.05, 3.63) is 35.8 Å². The first-order valence-electron chi connectivity index (χ1n) is 10.1. The molecule has 1 aliphatic heterocycles. The van der Waals surface area contributed by atoms with Gasteiger partial charge in [0, 0.05) is 32.3 Å². The Labute approximate surface area is 166 Å². The van der Waals surface area contributed by atoms with Gasteiger partial charge in [-0.05, 0) is 45.7 Å². The van der Waals surface area contributed by atoms with Crippen molar-refractivity contribution in [3.63, 3.8) is 0 Å². The highest BCUT2D eigenvalue weighted by Gasteiger charge is 2.25. The molecule has 0 aliphatic carbocycles. The molecule has 0 aromatic carbocycles. The van der Waals surface area contributed by atoms with Crippen LogP contribution in [0.1, 0.15) is 55.7 Å². The number of aromatic nitrogens is 2. The van der Waals surface area contributed by atoms with Crippen molar-refractivity contribution in [2.24, 2.45) is 0 Å². The summed E-state index contributed by atoms with van der Waals surface area (Å²) in [5.41, 5.74) is 2.08. The maximum absolute atomic E-state index is 12.5. The second kappa shape index (κ2) is 9.19. The molecule has 2 aromatic rings. The molecular formula is C21H30N4O3. The van der Waals surface area contributed by atoms with Gasteiger partial charge < -0.3 is 15.0 Å². The van der Waals surface area contributed by atoms with E-state index in [1.807, 2.05) is 54.5 Å². The summed E-state index contributed by atoms with van der Waals surface area (Å²) in [6.07, 6.45) is 5.21. The van der Waals surface area contributed by atoms with Crippen LogP contribution in [-0.2, 0) is 9.53 Å². The van der Waals surface area contributed by atoms with Crippen molar-refractivity contribution < 1.29 is 14.3 Å². The van der Waals surface area contributed by atoms with E-state index in [4.69, 9.17) is 4.74 Å². The fourth-order valence-electron chi connectivity index (χ4n) is 3.79. The van der Waals surface area contributed by atoms with Crippen molar-refractivity contribution in [1.82, 2.24) is 19.6 Å². The molecule has 0 bridgehead atoms. The number of morpholine rings is 1. The molecule has 2 unspecified atom stereocenters. The third-order valence-electron chi connectivity index (χ3n) is 5.04. The van der Waals surface area contributed by atoms with E-state index in [1.54, 1.807) is 0 Å². The molecular weight excluding hydrogens is 356 g/mol. The zero-order valence-corrected chi connectivity index (χ0v) is 17.0. The van der Waals surface area contributed by atoms with Gasteiger partial charge in [0.15, 0.2) is 0 Å². The molecule has 0 radical (unpaired) electrons. The lowest BCUT2D eigenvalue weighted by atomic mass is 10.1. The number of hydrogen-bond donors (Lipinski definition) is 1. The third-order valence-corrected chi connectivity index (χ3v) is 5.04. The lowest BCUT2D eigenvalue weighted by Gasteiger charge is -2.35. The first-order chi connectivity index (χ1) is 13.5. The van der Waals surface area contributed by atoms with Crippen LogP contribution in [0.4, 0.5) is 0 Å². The van der Waals surface area contributed by atoms with Crippen LogP contribution in [0.2, 0.25) is 0 Å². The minimum absolute atomic E-state index is 0.103. The highest BCUT2D eigenvalue weighted by Crippen LogP contribution is 2.14. The number of carbonyl (C=O) groups excluding carboxylic acids is 2. The number of hydrogen-bond acceptors (Lipinski definition) is 4. The third kappa shape index (κ3) is 4.90. The van der Waals surface area contributed by atoms with E-state index in [2.05, 4.69) is 10.3 Å². The number of pyridine rings is 1. The second-order valence-electron chi connectivity index (χ2n) is 7.60. The zero-order valence-electron chi connectivity index (χ0n) is 17.0. The van der Waals surface area contributed by atoms with Crippen LogP contribution in [0.15, 0.2) is 24.4 Å². The summed E-state index contributed by atoms with van der Waals surface area (Å²) in [4.78, 5) is 31.2. The Morgan fingerprint density at radius 2 is 1.93 bits per heavy atom. The van der Waals surface area contributed by atoms with Gasteiger partial charge in [-0.15, -0.1) is 0 Å². The van der Waals surface area contributed by atoms with Crippen LogP contribution < -0.4 is 5.32 Å². The molecule has 1 fully saturated rings. The number of nitrogens with zero attached hydrogens (tertiary/aromatic N) is 3. The van der Waals surface area contributed by atoms with Gasteiger partial charge in [-0.3, -0.25) is 14.0 Å². The number of fused-ring (bicyclic) bond motifs is 1. The van der Waals surface area contributed by atoms with Gasteiger partial charge in [0.1, 0.15) is 11.3 Å². The number of unbranched alkanes of at least 4 members (excludes halogenated alkanes) is 2. The van der Waals surface area contributed by atoms with Crippen LogP contribution in [0.25, 0.3) is 5.65 Å². The fraction of sp³-hybridized carbons (Fsp3) is 0.571. The fourth-order valence-corrected chi connectivity index (χ4v) is 3.79. The Hall–Kier alpha value is -2.41. The lowest BCUT2D eigenvalue weighted by Crippen LogP contribution is -2.48. The van der Waals surface area contributed by atoms with Gasteiger partial charge in [0.2, 0.25) is 5.91 Å². The molecule has 0 spiro atoms. The highest BCUT2D eigenvalue weighted by molar-refractivity contribution is 5.94. The van der Waals surface area contributed by atoms with Crippen LogP contribution in [0.3, 0.4) is 0 Å². The van der Waals surface area contributed by atoms with Crippen LogP contribution in [0.5, 0.6) is 0 Å². The largest absolute Gasteiger partial charge is 0.372 e. The summed E-state index contributed by atoms with van der Waals surface area (Å²) >= 11 is 0. The summed E-state index contributed by atoms with van der Waals surface area (Å²) in [7, 11) is 0. The van der Waals surface area contributed by atoms with Gasteiger partial charge in [-0.1, -0.05) is 12.5 Å². The molecule has 7 heteroatoms. The maximum atomic E-state index is 12.5. The number of nitrogens with one attached hydrogen (secondary N) is 1. The molecule has 2 atom stereocenters. The Bertz CT molecular complexity index is 822. The monoisotopic (exact) mass is 386 g/mol. The van der Waals surface area contributed by atoms with Crippen molar-refractivity contribution in [3.8, 4) is 0 Å². The standard InChI is InChI=1S/C21H30N4O3/c1-15-13-24(14-16(2)28-15)19(26)10-5-4-7-11-22-21(27)20-17(3)23-18-9-6-8-12-25(18)20/h6,8-9,12,15-16H,4-5,7,10-11,13-14H2,1-3H3,(H,22,27). The van der Waals surface area contributed by atoms with Crippen molar-refractivity contribution in [2.75, 3.05) is 19.6 Å². The minimum atomic E-state index is -0.108. The SMILES string of the molecule is Cc1nc2ccccn2c1C(=O)NCCCCCC(=O)N1CC(C)OC(C)C1. The van der Waals surface area contributed by atoms with Gasteiger partial charge in [-0.25, -0.2) is 4.98 Å². The Morgan fingerprint density at radius 1 is 1.18 bits per heavy atom. The van der Waals surface area contributed by atoms with Gasteiger partial charge >= 0.3 is 0 Å². The van der Waals surface area contributed by atoms with Crippen molar-refractivity contribution in [2.45, 2.75) is 58.7 Å². The van der Waals surface area contributed by atoms with Crippen LogP contribution in [-0.4, -0.2) is 57.9 Å². The quantitative estimate of drug-likeness (QED) is 0.742. The van der Waals surface area contributed by atoms with Crippen molar-refractivity contribution in [1.29, 1.82) is 0 Å². The molecule has 3 rings (SSSR count). The second-order valence-corrected chi connectivity index (χ2v) is 7.60. The predicted octanol–water partition coefficient (Wildman–Crippen LogP) is 2.57. The van der Waals surface area contributed by atoms with E-state index >= 15 is 0 Å². The van der Waals surface area contributed by atoms with Crippen LogP contribution in [0, 0.1) is 6.92 Å². The molecule has 7 nitrogen and oxygen atoms in total. The number of aryl methyl sites for hydroxylation is 1. The average Bonchev–Trinajstić information content (AvgIpc) is 2.99. The number of rotatable bonds is 7. The Morgan fingerprint density at radius 3 is 2.68 bits per heavy atom. The molecule has 28 heavy (non-hydrogen) atoms. The number of ether oxygens (including phenoxy) is 1. The summed E-state index contributed by atoms with van der Waals surface area (Å²) in [6, 6.07) is 5.68. The molecule has 2 amide bonds. The topological polar surface area (TPSA) is 75.9 Å². The predicted molar refractivity (Wildman–Crippen MR) is 107 cm³/mol. The molecule has 152 valence electrons. The minimum Gasteiger partial charge on any atom is -0.372 e.